The number of halogens is 1. The minimum atomic E-state index is -1.29. The molecule has 2 heteroatoms. The Morgan fingerprint density at radius 1 is 1.20 bits per heavy atom. The van der Waals surface area contributed by atoms with Gasteiger partial charge in [-0.3, -0.25) is 0 Å². The second kappa shape index (κ2) is 4.83. The lowest BCUT2D eigenvalue weighted by atomic mass is 10.1. The lowest BCUT2D eigenvalue weighted by molar-refractivity contribution is 1.60. The summed E-state index contributed by atoms with van der Waals surface area (Å²) in [7, 11) is -1.29. The first kappa shape index (κ1) is 12.3. The molecule has 15 heavy (non-hydrogen) atoms. The van der Waals surface area contributed by atoms with Gasteiger partial charge < -0.3 is 0 Å². The Labute approximate surface area is 102 Å². The van der Waals surface area contributed by atoms with E-state index >= 15 is 0 Å². The van der Waals surface area contributed by atoms with Crippen LogP contribution in [0.3, 0.4) is 0 Å². The van der Waals surface area contributed by atoms with Crippen LogP contribution < -0.4 is 0 Å². The van der Waals surface area contributed by atoms with Crippen LogP contribution in [0.25, 0.3) is 5.57 Å². The quantitative estimate of drug-likeness (QED) is 0.530. The van der Waals surface area contributed by atoms with Crippen molar-refractivity contribution in [3.8, 4) is 11.5 Å². The molecule has 0 bridgehead atoms. The predicted molar refractivity (Wildman–Crippen MR) is 74.3 cm³/mol. The van der Waals surface area contributed by atoms with Gasteiger partial charge in [-0.15, -0.1) is 5.54 Å². The first-order chi connectivity index (χ1) is 6.88. The highest BCUT2D eigenvalue weighted by molar-refractivity contribution is 9.10. The Morgan fingerprint density at radius 3 is 2.20 bits per heavy atom. The number of rotatable bonds is 1. The van der Waals surface area contributed by atoms with Crippen LogP contribution in [0.15, 0.2) is 35.3 Å². The molecule has 1 aromatic carbocycles. The second-order valence-corrected chi connectivity index (χ2v) is 10.2. The van der Waals surface area contributed by atoms with E-state index in [0.29, 0.717) is 0 Å². The third-order valence-electron chi connectivity index (χ3n) is 1.78. The summed E-state index contributed by atoms with van der Waals surface area (Å²) in [4.78, 5) is 0. The van der Waals surface area contributed by atoms with Gasteiger partial charge in [0.2, 0.25) is 0 Å². The van der Waals surface area contributed by atoms with Crippen molar-refractivity contribution < 1.29 is 0 Å². The molecule has 0 aromatic heterocycles. The largest absolute Gasteiger partial charge is 0.129 e. The van der Waals surface area contributed by atoms with Gasteiger partial charge in [0, 0.05) is 10.0 Å². The van der Waals surface area contributed by atoms with Crippen molar-refractivity contribution in [1.29, 1.82) is 0 Å². The minimum absolute atomic E-state index is 0.907. The molecule has 0 nitrogen and oxygen atoms in total. The highest BCUT2D eigenvalue weighted by Gasteiger charge is 2.07. The zero-order valence-electron chi connectivity index (χ0n) is 9.39. The van der Waals surface area contributed by atoms with E-state index in [-0.39, 0.29) is 0 Å². The van der Waals surface area contributed by atoms with Crippen LogP contribution in [0.5, 0.6) is 0 Å². The average Bonchev–Trinajstić information content (AvgIpc) is 2.14. The minimum Gasteiger partial charge on any atom is -0.127 e. The molecule has 0 saturated carbocycles. The van der Waals surface area contributed by atoms with Crippen molar-refractivity contribution in [3.05, 3.63) is 40.9 Å². The van der Waals surface area contributed by atoms with Crippen molar-refractivity contribution in [1.82, 2.24) is 0 Å². The molecule has 78 valence electrons. The molecule has 1 aromatic rings. The first-order valence-electron chi connectivity index (χ1n) is 4.86. The molecule has 0 radical (unpaired) electrons. The summed E-state index contributed by atoms with van der Waals surface area (Å²) in [5.74, 6) is 3.16. The third kappa shape index (κ3) is 4.50. The first-order valence-corrected chi connectivity index (χ1v) is 9.16. The van der Waals surface area contributed by atoms with E-state index in [2.05, 4.69) is 53.6 Å². The zero-order chi connectivity index (χ0) is 11.5. The maximum atomic E-state index is 3.99. The zero-order valence-corrected chi connectivity index (χ0v) is 12.0. The molecule has 0 spiro atoms. The molecule has 0 saturated heterocycles. The second-order valence-electron chi connectivity index (χ2n) is 4.49. The maximum absolute atomic E-state index is 3.99. The summed E-state index contributed by atoms with van der Waals surface area (Å²) in [5.41, 5.74) is 5.32. The highest BCUT2D eigenvalue weighted by Crippen LogP contribution is 2.16. The molecule has 0 aliphatic rings. The number of allylic oxidation sites excluding steroid dienone is 1. The molecule has 0 aliphatic heterocycles. The van der Waals surface area contributed by atoms with Crippen molar-refractivity contribution in [2.45, 2.75) is 19.6 Å². The van der Waals surface area contributed by atoms with Crippen molar-refractivity contribution in [2.24, 2.45) is 0 Å². The Bertz CT molecular complexity index is 413. The van der Waals surface area contributed by atoms with Gasteiger partial charge in [0.15, 0.2) is 0 Å². The van der Waals surface area contributed by atoms with Crippen LogP contribution in [-0.2, 0) is 0 Å². The fraction of sp³-hybridized carbons (Fsp3) is 0.231. The predicted octanol–water partition coefficient (Wildman–Crippen LogP) is 4.34. The van der Waals surface area contributed by atoms with E-state index in [1.807, 2.05) is 24.3 Å². The molecule has 0 unspecified atom stereocenters. The smallest absolute Gasteiger partial charge is 0.127 e. The molecule has 0 N–H and O–H groups in total. The van der Waals surface area contributed by atoms with Gasteiger partial charge in [-0.1, -0.05) is 60.2 Å². The number of hydrogen-bond acceptors (Lipinski definition) is 0. The average molecular weight is 279 g/mol. The Kier molecular flexibility index (Phi) is 3.95. The van der Waals surface area contributed by atoms with Crippen LogP contribution >= 0.6 is 15.9 Å². The number of hydrogen-bond donors (Lipinski definition) is 0. The van der Waals surface area contributed by atoms with Gasteiger partial charge in [0.05, 0.1) is 0 Å². The van der Waals surface area contributed by atoms with E-state index in [9.17, 15) is 0 Å². The van der Waals surface area contributed by atoms with Gasteiger partial charge in [-0.25, -0.2) is 0 Å². The standard InChI is InChI=1S/C13H15BrSi/c1-11(9-10-15(2,3)4)12-5-7-13(14)8-6-12/h5-8H,1H2,2-4H3. The van der Waals surface area contributed by atoms with E-state index < -0.39 is 8.07 Å². The summed E-state index contributed by atoms with van der Waals surface area (Å²) < 4.78 is 1.08. The Morgan fingerprint density at radius 2 is 1.73 bits per heavy atom. The van der Waals surface area contributed by atoms with Gasteiger partial charge in [0.1, 0.15) is 8.07 Å². The SMILES string of the molecule is C=C(C#C[Si](C)(C)C)c1ccc(Br)cc1. The monoisotopic (exact) mass is 278 g/mol. The highest BCUT2D eigenvalue weighted by atomic mass is 79.9. The Balaban J connectivity index is 2.86. The topological polar surface area (TPSA) is 0 Å². The molecular formula is C13H15BrSi. The Hall–Kier alpha value is -0.783. The summed E-state index contributed by atoms with van der Waals surface area (Å²) >= 11 is 3.41. The molecule has 0 aliphatic carbocycles. The van der Waals surface area contributed by atoms with Gasteiger partial charge >= 0.3 is 0 Å². The van der Waals surface area contributed by atoms with Crippen LogP contribution in [0.2, 0.25) is 19.6 Å². The summed E-state index contributed by atoms with van der Waals surface area (Å²) in [6, 6.07) is 8.09. The number of benzene rings is 1. The lowest BCUT2D eigenvalue weighted by Gasteiger charge is -2.04. The molecule has 0 amide bonds. The normalized spacial score (nSPS) is 10.4. The molecule has 0 atom stereocenters. The third-order valence-corrected chi connectivity index (χ3v) is 3.18. The molecular weight excluding hydrogens is 264 g/mol. The van der Waals surface area contributed by atoms with Crippen molar-refractivity contribution >= 4 is 29.6 Å². The van der Waals surface area contributed by atoms with Crippen molar-refractivity contribution in [2.75, 3.05) is 0 Å². The van der Waals surface area contributed by atoms with Gasteiger partial charge in [-0.05, 0) is 17.7 Å². The summed E-state index contributed by atoms with van der Waals surface area (Å²) in [6.45, 7) is 10.7. The van der Waals surface area contributed by atoms with Gasteiger partial charge in [-0.2, -0.15) is 0 Å². The summed E-state index contributed by atoms with van der Waals surface area (Å²) in [5, 5.41) is 0. The molecule has 1 rings (SSSR count). The van der Waals surface area contributed by atoms with E-state index in [1.54, 1.807) is 0 Å². The molecule has 0 fully saturated rings. The van der Waals surface area contributed by atoms with Crippen molar-refractivity contribution in [3.63, 3.8) is 0 Å². The van der Waals surface area contributed by atoms with E-state index in [1.165, 1.54) is 0 Å². The molecule has 0 heterocycles. The van der Waals surface area contributed by atoms with Crippen LogP contribution in [0, 0.1) is 11.5 Å². The maximum Gasteiger partial charge on any atom is 0.129 e. The summed E-state index contributed by atoms with van der Waals surface area (Å²) in [6.07, 6.45) is 0. The van der Waals surface area contributed by atoms with Gasteiger partial charge in [0.25, 0.3) is 0 Å². The van der Waals surface area contributed by atoms with E-state index in [4.69, 9.17) is 0 Å². The van der Waals surface area contributed by atoms with Crippen LogP contribution in [-0.4, -0.2) is 8.07 Å². The lowest BCUT2D eigenvalue weighted by Crippen LogP contribution is -2.16. The fourth-order valence-corrected chi connectivity index (χ4v) is 1.78. The van der Waals surface area contributed by atoms with E-state index in [0.717, 1.165) is 15.6 Å². The van der Waals surface area contributed by atoms with Crippen LogP contribution in [0.1, 0.15) is 5.56 Å². The fourth-order valence-electron chi connectivity index (χ4n) is 0.986. The van der Waals surface area contributed by atoms with Crippen LogP contribution in [0.4, 0.5) is 0 Å².